The molecule has 39 heavy (non-hydrogen) atoms. The second-order valence-corrected chi connectivity index (χ2v) is 11.4. The molecule has 0 amide bonds. The van der Waals surface area contributed by atoms with Crippen LogP contribution in [0.15, 0.2) is 65.7 Å². The van der Waals surface area contributed by atoms with E-state index < -0.39 is 22.6 Å². The fourth-order valence-electron chi connectivity index (χ4n) is 4.38. The van der Waals surface area contributed by atoms with E-state index >= 15 is 0 Å². The molecule has 1 fully saturated rings. The molecule has 0 saturated carbocycles. The number of sulfonamides is 1. The summed E-state index contributed by atoms with van der Waals surface area (Å²) < 4.78 is 78.1. The van der Waals surface area contributed by atoms with Gasteiger partial charge in [0, 0.05) is 37.1 Å². The minimum Gasteiger partial charge on any atom is -0.340 e. The van der Waals surface area contributed by atoms with Gasteiger partial charge in [-0.3, -0.25) is 0 Å². The van der Waals surface area contributed by atoms with Crippen LogP contribution in [0, 0.1) is 5.82 Å². The van der Waals surface area contributed by atoms with Crippen LogP contribution in [0.5, 0.6) is 0 Å². The summed E-state index contributed by atoms with van der Waals surface area (Å²) in [5.74, 6) is 0.439. The smallest absolute Gasteiger partial charge is 0.340 e. The Hall–Kier alpha value is -3.29. The zero-order valence-electron chi connectivity index (χ0n) is 21.3. The summed E-state index contributed by atoms with van der Waals surface area (Å²) in [6.45, 7) is 1.47. The van der Waals surface area contributed by atoms with Crippen molar-refractivity contribution in [1.29, 1.82) is 0 Å². The van der Waals surface area contributed by atoms with Crippen LogP contribution in [0.25, 0.3) is 0 Å². The fraction of sp³-hybridized carbons (Fsp3) is 0.385. The molecular formula is C26H30F4N6O2S. The molecule has 1 aliphatic heterocycles. The van der Waals surface area contributed by atoms with Gasteiger partial charge in [0.1, 0.15) is 11.6 Å². The number of likely N-dealkylation sites (tertiary alicyclic amines) is 1. The first-order chi connectivity index (χ1) is 18.5. The van der Waals surface area contributed by atoms with Crippen molar-refractivity contribution in [2.75, 3.05) is 37.3 Å². The third kappa shape index (κ3) is 8.10. The third-order valence-electron chi connectivity index (χ3n) is 6.57. The van der Waals surface area contributed by atoms with Crippen molar-refractivity contribution in [2.45, 2.75) is 42.8 Å². The van der Waals surface area contributed by atoms with Gasteiger partial charge < -0.3 is 15.5 Å². The molecule has 2 heterocycles. The largest absolute Gasteiger partial charge is 0.389 e. The molecule has 0 spiro atoms. The number of nitrogens with zero attached hydrogens (tertiary/aromatic N) is 4. The highest BCUT2D eigenvalue weighted by molar-refractivity contribution is 7.89. The summed E-state index contributed by atoms with van der Waals surface area (Å²) in [5, 5.41) is 6.09. The van der Waals surface area contributed by atoms with Gasteiger partial charge in [-0.25, -0.2) is 17.8 Å². The molecule has 8 nitrogen and oxygen atoms in total. The molecule has 1 aromatic heterocycles. The maximum absolute atomic E-state index is 13.2. The van der Waals surface area contributed by atoms with Crippen LogP contribution in [0.4, 0.5) is 40.7 Å². The topological polar surface area (TPSA) is 90.5 Å². The van der Waals surface area contributed by atoms with Crippen molar-refractivity contribution in [3.05, 3.63) is 66.6 Å². The van der Waals surface area contributed by atoms with E-state index in [1.807, 2.05) is 4.90 Å². The Balaban J connectivity index is 1.32. The van der Waals surface area contributed by atoms with Crippen LogP contribution in [0.3, 0.4) is 0 Å². The minimum atomic E-state index is -4.16. The lowest BCUT2D eigenvalue weighted by molar-refractivity contribution is -0.136. The highest BCUT2D eigenvalue weighted by atomic mass is 32.2. The molecule has 0 aliphatic carbocycles. The fourth-order valence-corrected chi connectivity index (χ4v) is 5.80. The number of anilines is 4. The van der Waals surface area contributed by atoms with Crippen LogP contribution in [-0.4, -0.2) is 66.5 Å². The second kappa shape index (κ2) is 12.3. The van der Waals surface area contributed by atoms with Crippen LogP contribution < -0.4 is 10.6 Å². The van der Waals surface area contributed by atoms with E-state index in [1.54, 1.807) is 43.6 Å². The predicted octanol–water partition coefficient (Wildman–Crippen LogP) is 5.53. The highest BCUT2D eigenvalue weighted by Gasteiger charge is 2.31. The molecule has 0 unspecified atom stereocenters. The number of hydrogen-bond donors (Lipinski definition) is 2. The average Bonchev–Trinajstić information content (AvgIpc) is 2.90. The SMILES string of the molecule is CN(C1CCN(CCCC(F)(F)F)CC1)S(=O)(=O)c1ccc(Nc2nccc(Nc3ccc(F)cc3)n2)cc1. The Kier molecular flexibility index (Phi) is 9.03. The van der Waals surface area contributed by atoms with E-state index in [4.69, 9.17) is 0 Å². The number of halogens is 4. The van der Waals surface area contributed by atoms with Crippen molar-refractivity contribution < 1.29 is 26.0 Å². The summed E-state index contributed by atoms with van der Waals surface area (Å²) in [6.07, 6.45) is -2.25. The van der Waals surface area contributed by atoms with Crippen LogP contribution in [0.1, 0.15) is 25.7 Å². The van der Waals surface area contributed by atoms with Gasteiger partial charge in [0.2, 0.25) is 16.0 Å². The average molecular weight is 567 g/mol. The molecule has 2 aromatic carbocycles. The zero-order valence-corrected chi connectivity index (χ0v) is 22.1. The first-order valence-electron chi connectivity index (χ1n) is 12.5. The van der Waals surface area contributed by atoms with Crippen molar-refractivity contribution >= 4 is 33.2 Å². The Labute approximate surface area is 225 Å². The van der Waals surface area contributed by atoms with E-state index in [-0.39, 0.29) is 29.1 Å². The standard InChI is InChI=1S/C26H30F4N6O2S/c1-35(22-12-17-36(18-13-22)16-2-14-26(28,29)30)39(37,38)23-9-7-21(8-10-23)33-25-31-15-11-24(34-25)32-20-5-3-19(27)4-6-20/h3-11,15,22H,2,12-14,16-18H2,1H3,(H2,31,32,33,34). The first-order valence-corrected chi connectivity index (χ1v) is 13.9. The number of rotatable bonds is 10. The third-order valence-corrected chi connectivity index (χ3v) is 8.49. The van der Waals surface area contributed by atoms with Gasteiger partial charge in [-0.15, -0.1) is 0 Å². The van der Waals surface area contributed by atoms with Gasteiger partial charge in [0.05, 0.1) is 4.90 Å². The van der Waals surface area contributed by atoms with E-state index in [2.05, 4.69) is 20.6 Å². The van der Waals surface area contributed by atoms with E-state index in [9.17, 15) is 26.0 Å². The number of benzene rings is 2. The monoisotopic (exact) mass is 566 g/mol. The van der Waals surface area contributed by atoms with Gasteiger partial charge in [0.15, 0.2) is 0 Å². The Morgan fingerprint density at radius 1 is 0.974 bits per heavy atom. The summed E-state index contributed by atoms with van der Waals surface area (Å²) >= 11 is 0. The van der Waals surface area contributed by atoms with Crippen LogP contribution >= 0.6 is 0 Å². The lowest BCUT2D eigenvalue weighted by atomic mass is 10.1. The molecule has 2 N–H and O–H groups in total. The van der Waals surface area contributed by atoms with Crippen LogP contribution in [0.2, 0.25) is 0 Å². The van der Waals surface area contributed by atoms with Gasteiger partial charge in [-0.05, 0) is 93.5 Å². The zero-order chi connectivity index (χ0) is 28.0. The summed E-state index contributed by atoms with van der Waals surface area (Å²) in [7, 11) is -2.22. The molecule has 0 radical (unpaired) electrons. The molecule has 0 bridgehead atoms. The minimum absolute atomic E-state index is 0.0444. The maximum atomic E-state index is 13.2. The number of nitrogens with one attached hydrogen (secondary N) is 2. The lowest BCUT2D eigenvalue weighted by Gasteiger charge is -2.36. The number of piperidine rings is 1. The Morgan fingerprint density at radius 2 is 1.59 bits per heavy atom. The molecule has 0 atom stereocenters. The molecule has 1 aliphatic rings. The Bertz CT molecular complexity index is 1330. The lowest BCUT2D eigenvalue weighted by Crippen LogP contribution is -2.45. The van der Waals surface area contributed by atoms with Gasteiger partial charge in [-0.2, -0.15) is 22.5 Å². The van der Waals surface area contributed by atoms with Crippen molar-refractivity contribution in [3.8, 4) is 0 Å². The summed E-state index contributed by atoms with van der Waals surface area (Å²) in [6, 6.07) is 13.5. The summed E-state index contributed by atoms with van der Waals surface area (Å²) in [5.41, 5.74) is 1.24. The van der Waals surface area contributed by atoms with E-state index in [0.717, 1.165) is 0 Å². The van der Waals surface area contributed by atoms with Gasteiger partial charge >= 0.3 is 6.18 Å². The van der Waals surface area contributed by atoms with Crippen molar-refractivity contribution in [1.82, 2.24) is 19.2 Å². The number of alkyl halides is 3. The number of aromatic nitrogens is 2. The quantitative estimate of drug-likeness (QED) is 0.312. The van der Waals surface area contributed by atoms with Crippen LogP contribution in [-0.2, 0) is 10.0 Å². The number of hydrogen-bond acceptors (Lipinski definition) is 7. The van der Waals surface area contributed by atoms with Crippen molar-refractivity contribution in [2.24, 2.45) is 0 Å². The summed E-state index contributed by atoms with van der Waals surface area (Å²) in [4.78, 5) is 10.6. The Morgan fingerprint density at radius 3 is 2.23 bits per heavy atom. The second-order valence-electron chi connectivity index (χ2n) is 9.36. The first kappa shape index (κ1) is 28.7. The van der Waals surface area contributed by atoms with E-state index in [0.29, 0.717) is 49.7 Å². The normalized spacial score (nSPS) is 15.4. The highest BCUT2D eigenvalue weighted by Crippen LogP contribution is 2.26. The van der Waals surface area contributed by atoms with E-state index in [1.165, 1.54) is 28.6 Å². The van der Waals surface area contributed by atoms with Gasteiger partial charge in [0.25, 0.3) is 0 Å². The molecule has 210 valence electrons. The molecule has 3 aromatic rings. The van der Waals surface area contributed by atoms with Crippen molar-refractivity contribution in [3.63, 3.8) is 0 Å². The predicted molar refractivity (Wildman–Crippen MR) is 141 cm³/mol. The molecular weight excluding hydrogens is 536 g/mol. The molecule has 13 heteroatoms. The maximum Gasteiger partial charge on any atom is 0.389 e. The molecule has 4 rings (SSSR count). The van der Waals surface area contributed by atoms with Gasteiger partial charge in [-0.1, -0.05) is 0 Å². The molecule has 1 saturated heterocycles.